The summed E-state index contributed by atoms with van der Waals surface area (Å²) in [7, 11) is 1.89. The van der Waals surface area contributed by atoms with Crippen molar-refractivity contribution in [2.24, 2.45) is 34.5 Å². The summed E-state index contributed by atoms with van der Waals surface area (Å²) in [5.74, 6) is 1.46. The average Bonchev–Trinajstić information content (AvgIpc) is 2.94. The highest BCUT2D eigenvalue weighted by Crippen LogP contribution is 2.65. The van der Waals surface area contributed by atoms with E-state index in [4.69, 9.17) is 4.74 Å². The Labute approximate surface area is 168 Å². The molecule has 1 N–H and O–H groups in total. The Bertz CT molecular complexity index is 690. The molecule has 0 radical (unpaired) electrons. The topological polar surface area (TPSA) is 66.8 Å². The zero-order valence-electron chi connectivity index (χ0n) is 17.7. The fourth-order valence-corrected chi connectivity index (χ4v) is 7.66. The van der Waals surface area contributed by atoms with Gasteiger partial charge in [0, 0.05) is 18.5 Å². The van der Waals surface area contributed by atoms with E-state index in [1.54, 1.807) is 6.08 Å². The summed E-state index contributed by atoms with van der Waals surface area (Å²) >= 11 is 0. The van der Waals surface area contributed by atoms with Gasteiger partial charge in [0.2, 0.25) is 5.91 Å². The number of carbonyl (C=O) groups is 2. The van der Waals surface area contributed by atoms with E-state index in [1.807, 2.05) is 18.9 Å². The number of ether oxygens (including phenoxy) is 1. The first-order valence-electron chi connectivity index (χ1n) is 11.0. The zero-order chi connectivity index (χ0) is 20.3. The van der Waals surface area contributed by atoms with Crippen LogP contribution in [-0.4, -0.2) is 47.7 Å². The Kier molecular flexibility index (Phi) is 4.88. The van der Waals surface area contributed by atoms with Gasteiger partial charge in [0.25, 0.3) is 0 Å². The van der Waals surface area contributed by atoms with Gasteiger partial charge in [-0.15, -0.1) is 0 Å². The SMILES string of the molecule is CCOC(=O)CC1C[C@@H]2[C@@H](CC[C@]3(C)C(O)CC[C@@H]23)[C@@]2(C)C=CC(=O)N(C)C12. The fraction of sp³-hybridized carbons (Fsp3) is 0.826. The Balaban J connectivity index is 1.71. The predicted octanol–water partition coefficient (Wildman–Crippen LogP) is 3.17. The number of aliphatic hydroxyl groups excluding tert-OH is 1. The van der Waals surface area contributed by atoms with E-state index in [0.717, 1.165) is 32.1 Å². The lowest BCUT2D eigenvalue weighted by molar-refractivity contribution is -0.158. The molecule has 3 unspecified atom stereocenters. The van der Waals surface area contributed by atoms with Crippen LogP contribution < -0.4 is 0 Å². The van der Waals surface area contributed by atoms with Crippen LogP contribution in [0.2, 0.25) is 0 Å². The van der Waals surface area contributed by atoms with Gasteiger partial charge >= 0.3 is 5.97 Å². The first-order chi connectivity index (χ1) is 13.2. The molecule has 4 rings (SSSR count). The van der Waals surface area contributed by atoms with Crippen LogP contribution in [0.1, 0.15) is 59.3 Å². The van der Waals surface area contributed by atoms with Gasteiger partial charge in [-0.25, -0.2) is 0 Å². The van der Waals surface area contributed by atoms with Crippen molar-refractivity contribution in [3.8, 4) is 0 Å². The van der Waals surface area contributed by atoms with E-state index in [0.29, 0.717) is 30.8 Å². The molecule has 5 heteroatoms. The van der Waals surface area contributed by atoms with Gasteiger partial charge < -0.3 is 14.7 Å². The second-order valence-electron chi connectivity index (χ2n) is 10.1. The first kappa shape index (κ1) is 19.9. The second-order valence-corrected chi connectivity index (χ2v) is 10.1. The third-order valence-corrected chi connectivity index (χ3v) is 8.93. The molecule has 1 aliphatic heterocycles. The number of hydrogen-bond donors (Lipinski definition) is 1. The van der Waals surface area contributed by atoms with Crippen molar-refractivity contribution in [1.29, 1.82) is 0 Å². The van der Waals surface area contributed by atoms with Crippen LogP contribution in [0.3, 0.4) is 0 Å². The Morgan fingerprint density at radius 1 is 1.29 bits per heavy atom. The van der Waals surface area contributed by atoms with Crippen LogP contribution in [-0.2, 0) is 14.3 Å². The van der Waals surface area contributed by atoms with Crippen molar-refractivity contribution in [1.82, 2.24) is 4.90 Å². The molecule has 8 atom stereocenters. The van der Waals surface area contributed by atoms with Gasteiger partial charge in [0.05, 0.1) is 19.1 Å². The van der Waals surface area contributed by atoms with Crippen molar-refractivity contribution >= 4 is 11.9 Å². The smallest absolute Gasteiger partial charge is 0.306 e. The monoisotopic (exact) mass is 389 g/mol. The standard InChI is InChI=1S/C23H35NO4/c1-5-28-20(27)13-14-12-15-16-6-7-18(25)22(16,2)10-8-17(15)23(3)11-9-19(26)24(4)21(14)23/h9,11,14-18,21,25H,5-8,10,12-13H2,1-4H3/t14?,15-,16-,17+,18?,21?,22-,23+/m0/s1. The van der Waals surface area contributed by atoms with Crippen LogP contribution in [0, 0.1) is 34.5 Å². The van der Waals surface area contributed by atoms with E-state index >= 15 is 0 Å². The first-order valence-corrected chi connectivity index (χ1v) is 11.0. The Morgan fingerprint density at radius 2 is 2.04 bits per heavy atom. The number of aliphatic hydroxyl groups is 1. The van der Waals surface area contributed by atoms with Gasteiger partial charge in [-0.05, 0) is 74.2 Å². The van der Waals surface area contributed by atoms with Gasteiger partial charge in [0.1, 0.15) is 0 Å². The van der Waals surface area contributed by atoms with E-state index in [2.05, 4.69) is 19.9 Å². The Morgan fingerprint density at radius 3 is 2.75 bits per heavy atom. The minimum atomic E-state index is -0.210. The minimum absolute atomic E-state index is 0.00105. The molecule has 0 saturated heterocycles. The molecule has 3 fully saturated rings. The lowest BCUT2D eigenvalue weighted by atomic mass is 9.46. The minimum Gasteiger partial charge on any atom is -0.466 e. The lowest BCUT2D eigenvalue weighted by Gasteiger charge is -2.62. The number of amides is 1. The highest BCUT2D eigenvalue weighted by atomic mass is 16.5. The average molecular weight is 390 g/mol. The van der Waals surface area contributed by atoms with Crippen molar-refractivity contribution in [3.05, 3.63) is 12.2 Å². The van der Waals surface area contributed by atoms with Crippen LogP contribution in [0.4, 0.5) is 0 Å². The molecule has 156 valence electrons. The Hall–Kier alpha value is -1.36. The maximum absolute atomic E-state index is 12.5. The normalized spacial score (nSPS) is 47.3. The van der Waals surface area contributed by atoms with E-state index in [-0.39, 0.29) is 40.8 Å². The summed E-state index contributed by atoms with van der Waals surface area (Å²) in [6.07, 6.45) is 9.08. The molecule has 0 bridgehead atoms. The molecule has 28 heavy (non-hydrogen) atoms. The quantitative estimate of drug-likeness (QED) is 0.753. The number of fused-ring (bicyclic) bond motifs is 5. The summed E-state index contributed by atoms with van der Waals surface area (Å²) in [5, 5.41) is 10.7. The summed E-state index contributed by atoms with van der Waals surface area (Å²) in [5.41, 5.74) is -0.128. The van der Waals surface area contributed by atoms with Crippen LogP contribution >= 0.6 is 0 Å². The number of nitrogens with zero attached hydrogens (tertiary/aromatic N) is 1. The molecule has 1 heterocycles. The lowest BCUT2D eigenvalue weighted by Crippen LogP contribution is -2.63. The summed E-state index contributed by atoms with van der Waals surface area (Å²) < 4.78 is 5.28. The van der Waals surface area contributed by atoms with E-state index in [9.17, 15) is 14.7 Å². The van der Waals surface area contributed by atoms with Crippen LogP contribution in [0.25, 0.3) is 0 Å². The third kappa shape index (κ3) is 2.76. The van der Waals surface area contributed by atoms with Crippen LogP contribution in [0.15, 0.2) is 12.2 Å². The molecule has 0 aromatic carbocycles. The fourth-order valence-electron chi connectivity index (χ4n) is 7.66. The highest BCUT2D eigenvalue weighted by Gasteiger charge is 2.62. The summed E-state index contributed by atoms with van der Waals surface area (Å²) in [6.45, 7) is 6.79. The maximum Gasteiger partial charge on any atom is 0.306 e. The molecular weight excluding hydrogens is 354 g/mol. The van der Waals surface area contributed by atoms with E-state index < -0.39 is 0 Å². The number of hydrogen-bond acceptors (Lipinski definition) is 4. The summed E-state index contributed by atoms with van der Waals surface area (Å²) in [4.78, 5) is 26.7. The van der Waals surface area contributed by atoms with Gasteiger partial charge in [0.15, 0.2) is 0 Å². The molecule has 1 amide bonds. The number of carbonyl (C=O) groups excluding carboxylic acids is 2. The molecule has 5 nitrogen and oxygen atoms in total. The number of rotatable bonds is 3. The van der Waals surface area contributed by atoms with Crippen molar-refractivity contribution < 1.29 is 19.4 Å². The van der Waals surface area contributed by atoms with E-state index in [1.165, 1.54) is 0 Å². The maximum atomic E-state index is 12.5. The molecule has 0 aromatic rings. The van der Waals surface area contributed by atoms with Gasteiger partial charge in [-0.1, -0.05) is 19.9 Å². The molecule has 3 aliphatic carbocycles. The highest BCUT2D eigenvalue weighted by molar-refractivity contribution is 5.89. The molecule has 3 saturated carbocycles. The van der Waals surface area contributed by atoms with Crippen molar-refractivity contribution in [2.75, 3.05) is 13.7 Å². The zero-order valence-corrected chi connectivity index (χ0v) is 17.7. The number of likely N-dealkylation sites (N-methyl/N-ethyl adjacent to an activating group) is 1. The largest absolute Gasteiger partial charge is 0.466 e. The van der Waals surface area contributed by atoms with Crippen molar-refractivity contribution in [3.63, 3.8) is 0 Å². The third-order valence-electron chi connectivity index (χ3n) is 8.93. The summed E-state index contributed by atoms with van der Waals surface area (Å²) in [6, 6.07) is 0.0336. The molecular formula is C23H35NO4. The molecule has 0 aromatic heterocycles. The molecule has 4 aliphatic rings. The van der Waals surface area contributed by atoms with Gasteiger partial charge in [-0.3, -0.25) is 9.59 Å². The van der Waals surface area contributed by atoms with Crippen molar-refractivity contribution in [2.45, 2.75) is 71.4 Å². The predicted molar refractivity (Wildman–Crippen MR) is 106 cm³/mol. The van der Waals surface area contributed by atoms with Gasteiger partial charge in [-0.2, -0.15) is 0 Å². The number of esters is 1. The molecule has 0 spiro atoms. The van der Waals surface area contributed by atoms with Crippen LogP contribution in [0.5, 0.6) is 0 Å². The second kappa shape index (κ2) is 6.86.